The van der Waals surface area contributed by atoms with Crippen molar-refractivity contribution in [1.82, 2.24) is 5.32 Å². The van der Waals surface area contributed by atoms with Crippen LogP contribution in [0.1, 0.15) is 309 Å². The third-order valence-corrected chi connectivity index (χ3v) is 13.1. The molecule has 0 bridgehead atoms. The quantitative estimate of drug-likeness (QED) is 0.0321. The van der Waals surface area contributed by atoms with Gasteiger partial charge in [-0.15, -0.1) is 0 Å². The number of aliphatic hydroxyl groups excluding tert-OH is 2. The number of hydrogen-bond acceptors (Lipinski definition) is 5. The van der Waals surface area contributed by atoms with Crippen LogP contribution in [0, 0.1) is 0 Å². The van der Waals surface area contributed by atoms with Gasteiger partial charge in [-0.3, -0.25) is 9.59 Å². The molecule has 0 aliphatic heterocycles. The number of hydrogen-bond donors (Lipinski definition) is 3. The molecule has 0 aromatic rings. The van der Waals surface area contributed by atoms with E-state index in [1.807, 2.05) is 0 Å². The zero-order valence-electron chi connectivity index (χ0n) is 41.9. The number of rotatable bonds is 52. The van der Waals surface area contributed by atoms with Gasteiger partial charge in [0, 0.05) is 12.8 Å². The van der Waals surface area contributed by atoms with Gasteiger partial charge in [0.15, 0.2) is 0 Å². The van der Waals surface area contributed by atoms with Crippen molar-refractivity contribution in [2.45, 2.75) is 321 Å². The van der Waals surface area contributed by atoms with Crippen molar-refractivity contribution >= 4 is 11.9 Å². The van der Waals surface area contributed by atoms with E-state index in [4.69, 9.17) is 4.74 Å². The first-order valence-electron chi connectivity index (χ1n) is 27.9. The summed E-state index contributed by atoms with van der Waals surface area (Å²) in [6, 6.07) is -0.549. The molecule has 6 nitrogen and oxygen atoms in total. The van der Waals surface area contributed by atoms with E-state index in [1.165, 1.54) is 225 Å². The van der Waals surface area contributed by atoms with Gasteiger partial charge in [-0.1, -0.05) is 257 Å². The number of carbonyl (C=O) groups excluding carboxylic acids is 2. The molecule has 368 valence electrons. The second-order valence-electron chi connectivity index (χ2n) is 19.3. The summed E-state index contributed by atoms with van der Waals surface area (Å²) in [5, 5.41) is 23.2. The maximum absolute atomic E-state index is 12.4. The van der Waals surface area contributed by atoms with Crippen LogP contribution in [0.15, 0.2) is 12.2 Å². The van der Waals surface area contributed by atoms with E-state index in [9.17, 15) is 19.8 Å². The Bertz CT molecular complexity index is 924. The van der Waals surface area contributed by atoms with Crippen LogP contribution in [-0.2, 0) is 14.3 Å². The SMILES string of the molecule is CCCCCCCCCCCCCCCCCC(=O)OCCCCCCCC/C=C\CCCCCCCCCC(=O)NC(CO)C(O)CCCCCCCCCCCCCCC. The van der Waals surface area contributed by atoms with E-state index < -0.39 is 12.1 Å². The van der Waals surface area contributed by atoms with Crippen molar-refractivity contribution in [3.63, 3.8) is 0 Å². The summed E-state index contributed by atoms with van der Waals surface area (Å²) < 4.78 is 5.47. The summed E-state index contributed by atoms with van der Waals surface area (Å²) >= 11 is 0. The lowest BCUT2D eigenvalue weighted by Crippen LogP contribution is -2.45. The van der Waals surface area contributed by atoms with Crippen LogP contribution in [0.3, 0.4) is 0 Å². The Morgan fingerprint density at radius 3 is 1.15 bits per heavy atom. The van der Waals surface area contributed by atoms with Crippen molar-refractivity contribution in [2.75, 3.05) is 13.2 Å². The summed E-state index contributed by atoms with van der Waals surface area (Å²) in [4.78, 5) is 24.5. The van der Waals surface area contributed by atoms with Gasteiger partial charge >= 0.3 is 5.97 Å². The lowest BCUT2D eigenvalue weighted by Gasteiger charge is -2.22. The molecule has 3 N–H and O–H groups in total. The molecule has 0 aromatic carbocycles. The van der Waals surface area contributed by atoms with Crippen molar-refractivity contribution in [3.05, 3.63) is 12.2 Å². The minimum Gasteiger partial charge on any atom is -0.466 e. The van der Waals surface area contributed by atoms with Crippen molar-refractivity contribution in [1.29, 1.82) is 0 Å². The van der Waals surface area contributed by atoms with E-state index in [0.29, 0.717) is 25.9 Å². The molecule has 0 heterocycles. The van der Waals surface area contributed by atoms with Crippen LogP contribution in [-0.4, -0.2) is 47.4 Å². The largest absolute Gasteiger partial charge is 0.466 e. The Kier molecular flexibility index (Phi) is 51.0. The van der Waals surface area contributed by atoms with Gasteiger partial charge < -0.3 is 20.3 Å². The molecule has 0 fully saturated rings. The lowest BCUT2D eigenvalue weighted by molar-refractivity contribution is -0.143. The van der Waals surface area contributed by atoms with E-state index in [2.05, 4.69) is 31.3 Å². The lowest BCUT2D eigenvalue weighted by atomic mass is 10.0. The maximum atomic E-state index is 12.4. The molecule has 1 amide bonds. The van der Waals surface area contributed by atoms with Gasteiger partial charge in [-0.2, -0.15) is 0 Å². The third-order valence-electron chi connectivity index (χ3n) is 13.1. The Morgan fingerprint density at radius 1 is 0.435 bits per heavy atom. The molecule has 0 saturated heterocycles. The van der Waals surface area contributed by atoms with Crippen molar-refractivity contribution in [3.8, 4) is 0 Å². The number of ether oxygens (including phenoxy) is 1. The molecule has 2 unspecified atom stereocenters. The van der Waals surface area contributed by atoms with Gasteiger partial charge in [0.2, 0.25) is 5.91 Å². The first-order valence-corrected chi connectivity index (χ1v) is 27.9. The highest BCUT2D eigenvalue weighted by Crippen LogP contribution is 2.17. The molecule has 0 rings (SSSR count). The molecule has 2 atom stereocenters. The van der Waals surface area contributed by atoms with Gasteiger partial charge in [0.05, 0.1) is 25.4 Å². The number of allylic oxidation sites excluding steroid dienone is 2. The first-order chi connectivity index (χ1) is 30.5. The molecule has 62 heavy (non-hydrogen) atoms. The Labute approximate surface area is 387 Å². The highest BCUT2D eigenvalue weighted by Gasteiger charge is 2.20. The van der Waals surface area contributed by atoms with E-state index >= 15 is 0 Å². The average Bonchev–Trinajstić information content (AvgIpc) is 3.27. The van der Waals surface area contributed by atoms with E-state index in [0.717, 1.165) is 51.4 Å². The summed E-state index contributed by atoms with van der Waals surface area (Å²) in [7, 11) is 0. The zero-order valence-corrected chi connectivity index (χ0v) is 41.9. The Balaban J connectivity index is 3.43. The van der Waals surface area contributed by atoms with Crippen LogP contribution >= 0.6 is 0 Å². The number of aliphatic hydroxyl groups is 2. The number of nitrogens with one attached hydrogen (secondary N) is 1. The van der Waals surface area contributed by atoms with Crippen molar-refractivity contribution in [2.24, 2.45) is 0 Å². The highest BCUT2D eigenvalue weighted by molar-refractivity contribution is 5.76. The summed E-state index contributed by atoms with van der Waals surface area (Å²) in [6.45, 7) is 4.94. The molecule has 0 spiro atoms. The second-order valence-corrected chi connectivity index (χ2v) is 19.3. The molecular weight excluding hydrogens is 767 g/mol. The molecular formula is C56H109NO5. The minimum atomic E-state index is -0.670. The number of carbonyl (C=O) groups is 2. The van der Waals surface area contributed by atoms with Crippen LogP contribution in [0.25, 0.3) is 0 Å². The third kappa shape index (κ3) is 48.1. The minimum absolute atomic E-state index is 0.00141. The number of esters is 1. The van der Waals surface area contributed by atoms with Crippen LogP contribution in [0.2, 0.25) is 0 Å². The normalized spacial score (nSPS) is 12.6. The Morgan fingerprint density at radius 2 is 0.758 bits per heavy atom. The fraction of sp³-hybridized carbons (Fsp3) is 0.929. The topological polar surface area (TPSA) is 95.9 Å². The van der Waals surface area contributed by atoms with Crippen LogP contribution in [0.5, 0.6) is 0 Å². The second kappa shape index (κ2) is 52.2. The van der Waals surface area contributed by atoms with Crippen molar-refractivity contribution < 1.29 is 24.5 Å². The summed E-state index contributed by atoms with van der Waals surface area (Å²) in [5.74, 6) is -0.0446. The molecule has 0 aliphatic rings. The average molecular weight is 876 g/mol. The van der Waals surface area contributed by atoms with E-state index in [1.54, 1.807) is 0 Å². The number of amides is 1. The zero-order chi connectivity index (χ0) is 45.1. The molecule has 0 saturated carbocycles. The van der Waals surface area contributed by atoms with Gasteiger partial charge in [-0.05, 0) is 51.4 Å². The monoisotopic (exact) mass is 876 g/mol. The molecule has 0 aromatic heterocycles. The summed E-state index contributed by atoms with van der Waals surface area (Å²) in [6.07, 6.45) is 60.5. The Hall–Kier alpha value is -1.40. The standard InChI is InChI=1S/C56H109NO5/c1-3-5-7-9-11-13-15-17-21-26-30-34-38-42-46-50-56(61)62-51-47-43-39-35-31-27-23-20-18-19-22-25-29-33-37-41-45-49-55(60)57-53(52-58)54(59)48-44-40-36-32-28-24-16-14-12-10-8-6-4-2/h18,20,53-54,58-59H,3-17,19,21-52H2,1-2H3,(H,57,60)/b20-18-. The fourth-order valence-electron chi connectivity index (χ4n) is 8.75. The predicted molar refractivity (Wildman–Crippen MR) is 269 cm³/mol. The first kappa shape index (κ1) is 60.6. The highest BCUT2D eigenvalue weighted by atomic mass is 16.5. The number of unbranched alkanes of at least 4 members (excludes halogenated alkanes) is 39. The van der Waals surface area contributed by atoms with Crippen LogP contribution in [0.4, 0.5) is 0 Å². The fourth-order valence-corrected chi connectivity index (χ4v) is 8.75. The van der Waals surface area contributed by atoms with Gasteiger partial charge in [-0.25, -0.2) is 0 Å². The van der Waals surface area contributed by atoms with E-state index in [-0.39, 0.29) is 18.5 Å². The molecule has 0 aliphatic carbocycles. The summed E-state index contributed by atoms with van der Waals surface area (Å²) in [5.41, 5.74) is 0. The molecule has 6 heteroatoms. The van der Waals surface area contributed by atoms with Crippen LogP contribution < -0.4 is 5.32 Å². The maximum Gasteiger partial charge on any atom is 0.305 e. The smallest absolute Gasteiger partial charge is 0.305 e. The predicted octanol–water partition coefficient (Wildman–Crippen LogP) is 16.9. The van der Waals surface area contributed by atoms with Gasteiger partial charge in [0.1, 0.15) is 0 Å². The molecule has 0 radical (unpaired) electrons. The van der Waals surface area contributed by atoms with Gasteiger partial charge in [0.25, 0.3) is 0 Å².